The van der Waals surface area contributed by atoms with E-state index in [9.17, 15) is 19.5 Å². The molecular formula is C34H42O9Si. The Kier molecular flexibility index (Phi) is 10.5. The summed E-state index contributed by atoms with van der Waals surface area (Å²) in [7, 11) is -2.21. The van der Waals surface area contributed by atoms with Crippen molar-refractivity contribution in [2.45, 2.75) is 77.4 Å². The van der Waals surface area contributed by atoms with Crippen LogP contribution in [-0.4, -0.2) is 49.9 Å². The molecule has 0 spiro atoms. The van der Waals surface area contributed by atoms with Crippen LogP contribution < -0.4 is 5.38 Å². The molecule has 1 saturated carbocycles. The lowest BCUT2D eigenvalue weighted by molar-refractivity contribution is -0.241. The number of esters is 3. The number of hydrogen-bond acceptors (Lipinski definition) is 9. The minimum Gasteiger partial charge on any atom is -0.474 e. The van der Waals surface area contributed by atoms with Crippen LogP contribution >= 0.6 is 0 Å². The minimum atomic E-state index is -2.21. The molecule has 4 rings (SSSR count). The van der Waals surface area contributed by atoms with Crippen molar-refractivity contribution < 1.29 is 42.9 Å². The lowest BCUT2D eigenvalue weighted by Crippen LogP contribution is -2.64. The van der Waals surface area contributed by atoms with Crippen LogP contribution in [0.1, 0.15) is 50.0 Å². The van der Waals surface area contributed by atoms with Gasteiger partial charge < -0.3 is 28.5 Å². The standard InChI is InChI=1S/C34H42O9Si/c1-7-39-31(36)27-20-22(2)28(43-32(37)29(42-23(3)35)25-16-12-9-13-17-25)30(41-21-24-14-10-8-11-15-24)34(27,38)26-18-19-40-33(26)44(4,5)6/h8-19,22,27-30,38H,7,20-21H2,1-6H3/t22-,27-,28+,29+,30-,34+/m1/s1. The van der Waals surface area contributed by atoms with Gasteiger partial charge in [0.2, 0.25) is 6.10 Å². The predicted octanol–water partition coefficient (Wildman–Crippen LogP) is 5.03. The molecule has 0 aliphatic heterocycles. The summed E-state index contributed by atoms with van der Waals surface area (Å²) >= 11 is 0. The Bertz CT molecular complexity index is 1420. The van der Waals surface area contributed by atoms with Crippen LogP contribution in [0.2, 0.25) is 19.6 Å². The van der Waals surface area contributed by atoms with Crippen molar-refractivity contribution in [1.82, 2.24) is 0 Å². The molecule has 44 heavy (non-hydrogen) atoms. The molecule has 1 heterocycles. The Hall–Kier alpha value is -3.73. The molecule has 1 aliphatic carbocycles. The van der Waals surface area contributed by atoms with Gasteiger partial charge in [0.25, 0.3) is 0 Å². The van der Waals surface area contributed by atoms with Crippen LogP contribution in [0.4, 0.5) is 0 Å². The van der Waals surface area contributed by atoms with Gasteiger partial charge in [0, 0.05) is 18.1 Å². The van der Waals surface area contributed by atoms with Gasteiger partial charge in [-0.1, -0.05) is 87.2 Å². The maximum atomic E-state index is 13.8. The summed E-state index contributed by atoms with van der Waals surface area (Å²) < 4.78 is 29.5. The first-order valence-electron chi connectivity index (χ1n) is 14.9. The van der Waals surface area contributed by atoms with E-state index in [4.69, 9.17) is 23.4 Å². The van der Waals surface area contributed by atoms with Gasteiger partial charge in [0.1, 0.15) is 25.9 Å². The van der Waals surface area contributed by atoms with Crippen molar-refractivity contribution in [3.05, 3.63) is 89.7 Å². The van der Waals surface area contributed by atoms with Gasteiger partial charge in [0.05, 0.1) is 30.8 Å². The maximum absolute atomic E-state index is 13.8. The first-order chi connectivity index (χ1) is 20.9. The summed E-state index contributed by atoms with van der Waals surface area (Å²) in [5.74, 6) is -3.54. The topological polar surface area (TPSA) is 122 Å². The zero-order chi connectivity index (χ0) is 32.1. The molecule has 1 aromatic heterocycles. The fraction of sp³-hybridized carbons (Fsp3) is 0.441. The first-order valence-corrected chi connectivity index (χ1v) is 18.4. The molecule has 6 atom stereocenters. The second-order valence-electron chi connectivity index (χ2n) is 12.3. The van der Waals surface area contributed by atoms with Crippen LogP contribution in [0.5, 0.6) is 0 Å². The second kappa shape index (κ2) is 13.9. The fourth-order valence-electron chi connectivity index (χ4n) is 5.90. The Morgan fingerprint density at radius 2 is 1.66 bits per heavy atom. The predicted molar refractivity (Wildman–Crippen MR) is 165 cm³/mol. The highest BCUT2D eigenvalue weighted by molar-refractivity contribution is 6.88. The number of rotatable bonds is 11. The molecule has 3 aromatic rings. The van der Waals surface area contributed by atoms with E-state index in [-0.39, 0.29) is 19.6 Å². The molecule has 0 radical (unpaired) electrons. The Labute approximate surface area is 259 Å². The number of carbonyl (C=O) groups excluding carboxylic acids is 3. The third-order valence-corrected chi connectivity index (χ3v) is 9.66. The van der Waals surface area contributed by atoms with Crippen LogP contribution in [0.15, 0.2) is 77.4 Å². The summed E-state index contributed by atoms with van der Waals surface area (Å²) in [5.41, 5.74) is -0.301. The normalized spacial score (nSPS) is 24.2. The van der Waals surface area contributed by atoms with E-state index in [1.165, 1.54) is 13.2 Å². The van der Waals surface area contributed by atoms with E-state index in [0.717, 1.165) is 5.56 Å². The highest BCUT2D eigenvalue weighted by atomic mass is 28.3. The molecule has 0 saturated heterocycles. The highest BCUT2D eigenvalue weighted by Gasteiger charge is 2.61. The number of aliphatic hydroxyl groups is 1. The van der Waals surface area contributed by atoms with Gasteiger partial charge in [-0.05, 0) is 30.9 Å². The van der Waals surface area contributed by atoms with E-state index in [1.807, 2.05) is 37.3 Å². The highest BCUT2D eigenvalue weighted by Crippen LogP contribution is 2.48. The van der Waals surface area contributed by atoms with E-state index in [1.54, 1.807) is 43.3 Å². The molecule has 0 amide bonds. The second-order valence-corrected chi connectivity index (χ2v) is 17.2. The Balaban J connectivity index is 1.84. The molecule has 0 bridgehead atoms. The van der Waals surface area contributed by atoms with Gasteiger partial charge in [-0.3, -0.25) is 9.59 Å². The third-order valence-electron chi connectivity index (χ3n) is 7.91. The maximum Gasteiger partial charge on any atom is 0.352 e. The Morgan fingerprint density at radius 1 is 1.02 bits per heavy atom. The number of furan rings is 1. The quantitative estimate of drug-likeness (QED) is 0.178. The molecule has 9 nitrogen and oxygen atoms in total. The van der Waals surface area contributed by atoms with E-state index in [2.05, 4.69) is 19.6 Å². The lowest BCUT2D eigenvalue weighted by Gasteiger charge is -2.50. The molecule has 10 heteroatoms. The molecule has 1 aliphatic rings. The molecule has 236 valence electrons. The van der Waals surface area contributed by atoms with Gasteiger partial charge in [-0.15, -0.1) is 0 Å². The molecule has 2 aromatic carbocycles. The van der Waals surface area contributed by atoms with Crippen LogP contribution in [0.3, 0.4) is 0 Å². The molecule has 1 N–H and O–H groups in total. The minimum absolute atomic E-state index is 0.0658. The summed E-state index contributed by atoms with van der Waals surface area (Å²) in [6.45, 7) is 11.2. The summed E-state index contributed by atoms with van der Waals surface area (Å²) in [4.78, 5) is 39.4. The summed E-state index contributed by atoms with van der Waals surface area (Å²) in [6.07, 6.45) is -1.95. The van der Waals surface area contributed by atoms with Crippen LogP contribution in [0.25, 0.3) is 0 Å². The van der Waals surface area contributed by atoms with Crippen LogP contribution in [-0.2, 0) is 45.5 Å². The number of ether oxygens (including phenoxy) is 4. The van der Waals surface area contributed by atoms with E-state index >= 15 is 0 Å². The Morgan fingerprint density at radius 3 is 2.25 bits per heavy atom. The van der Waals surface area contributed by atoms with E-state index in [0.29, 0.717) is 16.5 Å². The molecule has 0 unspecified atom stereocenters. The van der Waals surface area contributed by atoms with Crippen molar-refractivity contribution in [1.29, 1.82) is 0 Å². The number of carbonyl (C=O) groups is 3. The molecular weight excluding hydrogens is 580 g/mol. The third kappa shape index (κ3) is 7.14. The fourth-order valence-corrected chi connectivity index (χ4v) is 7.41. The van der Waals surface area contributed by atoms with E-state index < -0.39 is 61.7 Å². The average molecular weight is 623 g/mol. The van der Waals surface area contributed by atoms with Crippen molar-refractivity contribution in [3.8, 4) is 0 Å². The number of benzene rings is 2. The van der Waals surface area contributed by atoms with Gasteiger partial charge >= 0.3 is 17.9 Å². The smallest absolute Gasteiger partial charge is 0.352 e. The van der Waals surface area contributed by atoms with Gasteiger partial charge in [0.15, 0.2) is 0 Å². The first kappa shape index (κ1) is 33.2. The monoisotopic (exact) mass is 622 g/mol. The van der Waals surface area contributed by atoms with Crippen molar-refractivity contribution in [3.63, 3.8) is 0 Å². The largest absolute Gasteiger partial charge is 0.474 e. The van der Waals surface area contributed by atoms with Crippen LogP contribution in [0, 0.1) is 11.8 Å². The zero-order valence-electron chi connectivity index (χ0n) is 26.1. The summed E-state index contributed by atoms with van der Waals surface area (Å²) in [6, 6.07) is 19.6. The SMILES string of the molecule is CCOC(=O)[C@H]1C[C@@H](C)[C@H](OC(=O)[C@@H](OC(C)=O)c2ccccc2)[C@@H](OCc2ccccc2)[C@]1(O)c1ccoc1[Si](C)(C)C. The van der Waals surface area contributed by atoms with Crippen molar-refractivity contribution >= 4 is 31.4 Å². The number of hydrogen-bond donors (Lipinski definition) is 1. The van der Waals surface area contributed by atoms with Gasteiger partial charge in [-0.2, -0.15) is 0 Å². The summed E-state index contributed by atoms with van der Waals surface area (Å²) in [5, 5.41) is 13.5. The molecule has 1 fully saturated rings. The van der Waals surface area contributed by atoms with Gasteiger partial charge in [-0.25, -0.2) is 4.79 Å². The average Bonchev–Trinajstić information content (AvgIpc) is 3.50. The lowest BCUT2D eigenvalue weighted by atomic mass is 9.65. The van der Waals surface area contributed by atoms with Crippen molar-refractivity contribution in [2.24, 2.45) is 11.8 Å². The zero-order valence-corrected chi connectivity index (χ0v) is 27.1. The van der Waals surface area contributed by atoms with Crippen molar-refractivity contribution in [2.75, 3.05) is 6.61 Å².